The second-order valence-electron chi connectivity index (χ2n) is 3.79. The standard InChI is InChI=1S/C10H9ClN4O6/c11-8-7(15(20)21)4(1-2-13-8)9(17)14-5(10(18)19)3-6(12)16/h1-2,5H,3H2,(H2,12,16)(H,14,17)(H,18,19)/t5-/m0/s1. The molecule has 0 radical (unpaired) electrons. The van der Waals surface area contributed by atoms with Gasteiger partial charge in [-0.3, -0.25) is 19.7 Å². The van der Waals surface area contributed by atoms with Gasteiger partial charge in [-0.2, -0.15) is 0 Å². The van der Waals surface area contributed by atoms with Gasteiger partial charge in [0.1, 0.15) is 11.6 Å². The lowest BCUT2D eigenvalue weighted by atomic mass is 10.1. The number of aliphatic carboxylic acids is 1. The molecule has 0 aliphatic rings. The Bertz CT molecular complexity index is 620. The van der Waals surface area contributed by atoms with Crippen molar-refractivity contribution in [3.05, 3.63) is 33.1 Å². The maximum atomic E-state index is 11.9. The molecular weight excluding hydrogens is 308 g/mol. The van der Waals surface area contributed by atoms with Gasteiger partial charge in [-0.1, -0.05) is 11.6 Å². The summed E-state index contributed by atoms with van der Waals surface area (Å²) in [6, 6.07) is -0.607. The molecule has 4 N–H and O–H groups in total. The van der Waals surface area contributed by atoms with Crippen LogP contribution in [-0.2, 0) is 9.59 Å². The van der Waals surface area contributed by atoms with Crippen LogP contribution in [0.5, 0.6) is 0 Å². The van der Waals surface area contributed by atoms with Crippen molar-refractivity contribution in [3.8, 4) is 0 Å². The molecule has 0 spiro atoms. The highest BCUT2D eigenvalue weighted by Crippen LogP contribution is 2.25. The number of rotatable bonds is 6. The number of hydrogen-bond donors (Lipinski definition) is 3. The summed E-state index contributed by atoms with van der Waals surface area (Å²) in [6.07, 6.45) is 0.391. The summed E-state index contributed by atoms with van der Waals surface area (Å²) in [7, 11) is 0. The van der Waals surface area contributed by atoms with Gasteiger partial charge in [0, 0.05) is 6.20 Å². The minimum atomic E-state index is -1.61. The molecule has 1 rings (SSSR count). The van der Waals surface area contributed by atoms with Crippen LogP contribution in [0.4, 0.5) is 5.69 Å². The van der Waals surface area contributed by atoms with Crippen LogP contribution in [0.15, 0.2) is 12.3 Å². The molecule has 10 nitrogen and oxygen atoms in total. The molecule has 0 aromatic carbocycles. The van der Waals surface area contributed by atoms with Gasteiger partial charge in [0.15, 0.2) is 0 Å². The van der Waals surface area contributed by atoms with Gasteiger partial charge in [0.05, 0.1) is 11.3 Å². The Morgan fingerprint density at radius 3 is 2.62 bits per heavy atom. The summed E-state index contributed by atoms with van der Waals surface area (Å²) in [5.41, 5.74) is 3.61. The van der Waals surface area contributed by atoms with Gasteiger partial charge < -0.3 is 16.2 Å². The SMILES string of the molecule is NC(=O)C[C@H](NC(=O)c1ccnc(Cl)c1[N+](=O)[O-])C(=O)O. The number of carbonyl (C=O) groups excluding carboxylic acids is 2. The smallest absolute Gasteiger partial charge is 0.326 e. The zero-order valence-corrected chi connectivity index (χ0v) is 11.0. The van der Waals surface area contributed by atoms with Gasteiger partial charge in [-0.25, -0.2) is 9.78 Å². The first-order chi connectivity index (χ1) is 9.73. The van der Waals surface area contributed by atoms with Gasteiger partial charge in [-0.05, 0) is 6.07 Å². The fourth-order valence-electron chi connectivity index (χ4n) is 1.42. The van der Waals surface area contributed by atoms with Crippen molar-refractivity contribution in [2.45, 2.75) is 12.5 Å². The lowest BCUT2D eigenvalue weighted by molar-refractivity contribution is -0.385. The predicted molar refractivity (Wildman–Crippen MR) is 68.6 cm³/mol. The summed E-state index contributed by atoms with van der Waals surface area (Å²) in [5.74, 6) is -3.55. The minimum absolute atomic E-state index is 0.476. The normalized spacial score (nSPS) is 11.5. The lowest BCUT2D eigenvalue weighted by Gasteiger charge is -2.12. The fraction of sp³-hybridized carbons (Fsp3) is 0.200. The van der Waals surface area contributed by atoms with Crippen molar-refractivity contribution < 1.29 is 24.4 Å². The lowest BCUT2D eigenvalue weighted by Crippen LogP contribution is -2.43. The third kappa shape index (κ3) is 4.11. The molecule has 0 saturated carbocycles. The number of nitrogens with two attached hydrogens (primary N) is 1. The second kappa shape index (κ2) is 6.61. The number of nitro groups is 1. The molecule has 1 aromatic rings. The van der Waals surface area contributed by atoms with Gasteiger partial charge >= 0.3 is 11.7 Å². The maximum absolute atomic E-state index is 11.9. The number of primary amides is 1. The van der Waals surface area contributed by atoms with E-state index in [1.807, 2.05) is 5.32 Å². The van der Waals surface area contributed by atoms with Crippen LogP contribution in [0, 0.1) is 10.1 Å². The van der Waals surface area contributed by atoms with Gasteiger partial charge in [0.25, 0.3) is 5.91 Å². The third-order valence-corrected chi connectivity index (χ3v) is 2.59. The summed E-state index contributed by atoms with van der Waals surface area (Å²) in [5, 5.41) is 21.1. The Balaban J connectivity index is 3.09. The molecular formula is C10H9ClN4O6. The largest absolute Gasteiger partial charge is 0.480 e. The van der Waals surface area contributed by atoms with Crippen LogP contribution < -0.4 is 11.1 Å². The van der Waals surface area contributed by atoms with Crippen molar-refractivity contribution in [1.82, 2.24) is 10.3 Å². The number of amides is 2. The van der Waals surface area contributed by atoms with E-state index < -0.39 is 51.6 Å². The quantitative estimate of drug-likeness (QED) is 0.368. The van der Waals surface area contributed by atoms with Crippen LogP contribution >= 0.6 is 11.6 Å². The molecule has 1 heterocycles. The van der Waals surface area contributed by atoms with E-state index in [1.165, 1.54) is 0 Å². The molecule has 1 atom stereocenters. The average Bonchev–Trinajstić information content (AvgIpc) is 2.36. The van der Waals surface area contributed by atoms with E-state index in [-0.39, 0.29) is 0 Å². The van der Waals surface area contributed by atoms with Crippen LogP contribution in [-0.4, -0.2) is 38.8 Å². The molecule has 112 valence electrons. The minimum Gasteiger partial charge on any atom is -0.480 e. The zero-order valence-electron chi connectivity index (χ0n) is 10.3. The van der Waals surface area contributed by atoms with Crippen molar-refractivity contribution in [2.75, 3.05) is 0 Å². The maximum Gasteiger partial charge on any atom is 0.326 e. The molecule has 11 heteroatoms. The molecule has 0 unspecified atom stereocenters. The van der Waals surface area contributed by atoms with Crippen LogP contribution in [0.3, 0.4) is 0 Å². The Morgan fingerprint density at radius 1 is 1.52 bits per heavy atom. The highest BCUT2D eigenvalue weighted by Gasteiger charge is 2.28. The Kier molecular flexibility index (Phi) is 5.13. The number of carboxylic acid groups (broad SMARTS) is 1. The molecule has 1 aromatic heterocycles. The molecule has 0 bridgehead atoms. The number of aromatic nitrogens is 1. The second-order valence-corrected chi connectivity index (χ2v) is 4.15. The van der Waals surface area contributed by atoms with Crippen molar-refractivity contribution in [2.24, 2.45) is 5.73 Å². The summed E-state index contributed by atoms with van der Waals surface area (Å²) >= 11 is 5.53. The Hall–Kier alpha value is -2.75. The summed E-state index contributed by atoms with van der Waals surface area (Å²) < 4.78 is 0. The molecule has 0 saturated heterocycles. The molecule has 0 aliphatic heterocycles. The monoisotopic (exact) mass is 316 g/mol. The number of nitrogens with zero attached hydrogens (tertiary/aromatic N) is 2. The Morgan fingerprint density at radius 2 is 2.14 bits per heavy atom. The number of hydrogen-bond acceptors (Lipinski definition) is 6. The predicted octanol–water partition coefficient (Wildman–Crippen LogP) is -0.298. The number of carboxylic acids is 1. The molecule has 21 heavy (non-hydrogen) atoms. The number of pyridine rings is 1. The van der Waals surface area contributed by atoms with E-state index in [4.69, 9.17) is 22.4 Å². The topological polar surface area (TPSA) is 166 Å². The summed E-state index contributed by atoms with van der Waals surface area (Å²) in [6.45, 7) is 0. The van der Waals surface area contributed by atoms with E-state index in [1.54, 1.807) is 0 Å². The third-order valence-electron chi connectivity index (χ3n) is 2.32. The van der Waals surface area contributed by atoms with Crippen LogP contribution in [0.1, 0.15) is 16.8 Å². The first-order valence-corrected chi connectivity index (χ1v) is 5.72. The van der Waals surface area contributed by atoms with E-state index in [0.717, 1.165) is 12.3 Å². The van der Waals surface area contributed by atoms with Crippen molar-refractivity contribution >= 4 is 35.1 Å². The molecule has 2 amide bonds. The van der Waals surface area contributed by atoms with Crippen LogP contribution in [0.2, 0.25) is 5.15 Å². The van der Waals surface area contributed by atoms with Crippen molar-refractivity contribution in [1.29, 1.82) is 0 Å². The molecule has 0 aliphatic carbocycles. The van der Waals surface area contributed by atoms with Gasteiger partial charge in [-0.15, -0.1) is 0 Å². The highest BCUT2D eigenvalue weighted by atomic mass is 35.5. The van der Waals surface area contributed by atoms with E-state index in [2.05, 4.69) is 4.98 Å². The first kappa shape index (κ1) is 16.3. The number of nitrogens with one attached hydrogen (secondary N) is 1. The number of carbonyl (C=O) groups is 3. The fourth-order valence-corrected chi connectivity index (χ4v) is 1.65. The molecule has 0 fully saturated rings. The first-order valence-electron chi connectivity index (χ1n) is 5.35. The zero-order chi connectivity index (χ0) is 16.2. The van der Waals surface area contributed by atoms with Gasteiger partial charge in [0.2, 0.25) is 11.1 Å². The highest BCUT2D eigenvalue weighted by molar-refractivity contribution is 6.32. The van der Waals surface area contributed by atoms with E-state index in [9.17, 15) is 24.5 Å². The van der Waals surface area contributed by atoms with Crippen LogP contribution in [0.25, 0.3) is 0 Å². The number of halogens is 1. The van der Waals surface area contributed by atoms with E-state index in [0.29, 0.717) is 0 Å². The Labute approximate surface area is 122 Å². The van der Waals surface area contributed by atoms with E-state index >= 15 is 0 Å². The average molecular weight is 317 g/mol. The van der Waals surface area contributed by atoms with Crippen molar-refractivity contribution in [3.63, 3.8) is 0 Å². The summed E-state index contributed by atoms with van der Waals surface area (Å²) in [4.78, 5) is 46.9.